The highest BCUT2D eigenvalue weighted by molar-refractivity contribution is 6.33. The van der Waals surface area contributed by atoms with E-state index in [0.717, 1.165) is 47.9 Å². The van der Waals surface area contributed by atoms with Crippen molar-refractivity contribution in [2.45, 2.75) is 13.2 Å². The Morgan fingerprint density at radius 3 is 2.28 bits per heavy atom. The predicted octanol–water partition coefficient (Wildman–Crippen LogP) is 3.82. The molecule has 25 heavy (non-hydrogen) atoms. The SMILES string of the molecule is CC(=O)OC(c1ccc(-c2ccccc2Cl)cc1)N1CCN(C)CC1. The van der Waals surface area contributed by atoms with Crippen LogP contribution in [0.4, 0.5) is 0 Å². The van der Waals surface area contributed by atoms with Gasteiger partial charge in [0.15, 0.2) is 6.23 Å². The fourth-order valence-electron chi connectivity index (χ4n) is 3.09. The number of hydrogen-bond donors (Lipinski definition) is 0. The minimum absolute atomic E-state index is 0.265. The number of ether oxygens (including phenoxy) is 1. The van der Waals surface area contributed by atoms with Crippen molar-refractivity contribution >= 4 is 17.6 Å². The third-order valence-electron chi connectivity index (χ3n) is 4.53. The first kappa shape index (κ1) is 17.9. The topological polar surface area (TPSA) is 32.8 Å². The number of piperazine rings is 1. The zero-order chi connectivity index (χ0) is 17.8. The van der Waals surface area contributed by atoms with Crippen molar-refractivity contribution in [3.8, 4) is 11.1 Å². The van der Waals surface area contributed by atoms with E-state index in [4.69, 9.17) is 16.3 Å². The van der Waals surface area contributed by atoms with Crippen molar-refractivity contribution in [1.82, 2.24) is 9.80 Å². The van der Waals surface area contributed by atoms with Crippen molar-refractivity contribution in [2.75, 3.05) is 33.2 Å². The highest BCUT2D eigenvalue weighted by atomic mass is 35.5. The van der Waals surface area contributed by atoms with Crippen LogP contribution in [0.5, 0.6) is 0 Å². The van der Waals surface area contributed by atoms with Crippen LogP contribution in [0.3, 0.4) is 0 Å². The van der Waals surface area contributed by atoms with Crippen LogP contribution in [0.15, 0.2) is 48.5 Å². The van der Waals surface area contributed by atoms with Gasteiger partial charge in [0.2, 0.25) is 0 Å². The molecular formula is C20H23ClN2O2. The summed E-state index contributed by atoms with van der Waals surface area (Å²) in [6, 6.07) is 15.9. The standard InChI is InChI=1S/C20H23ClN2O2/c1-15(24)25-20(23-13-11-22(2)12-14-23)17-9-7-16(8-10-17)18-5-3-4-6-19(18)21/h3-10,20H,11-14H2,1-2H3. The third kappa shape index (κ3) is 4.40. The maximum Gasteiger partial charge on any atom is 0.304 e. The number of esters is 1. The lowest BCUT2D eigenvalue weighted by atomic mass is 10.0. The van der Waals surface area contributed by atoms with Gasteiger partial charge in [-0.1, -0.05) is 54.1 Å². The fraction of sp³-hybridized carbons (Fsp3) is 0.350. The number of rotatable bonds is 4. The minimum atomic E-state index is -0.341. The van der Waals surface area contributed by atoms with E-state index in [-0.39, 0.29) is 12.2 Å². The van der Waals surface area contributed by atoms with E-state index >= 15 is 0 Å². The molecule has 0 N–H and O–H groups in total. The molecule has 132 valence electrons. The molecule has 1 aliphatic rings. The first-order chi connectivity index (χ1) is 12.0. The molecule has 1 fully saturated rings. The quantitative estimate of drug-likeness (QED) is 0.778. The van der Waals surface area contributed by atoms with Gasteiger partial charge in [-0.2, -0.15) is 0 Å². The summed E-state index contributed by atoms with van der Waals surface area (Å²) >= 11 is 6.28. The van der Waals surface area contributed by atoms with Crippen molar-refractivity contribution < 1.29 is 9.53 Å². The molecule has 3 rings (SSSR count). The molecule has 1 heterocycles. The first-order valence-electron chi connectivity index (χ1n) is 8.49. The van der Waals surface area contributed by atoms with Gasteiger partial charge in [0.05, 0.1) is 0 Å². The first-order valence-corrected chi connectivity index (χ1v) is 8.87. The van der Waals surface area contributed by atoms with Gasteiger partial charge >= 0.3 is 5.97 Å². The molecule has 0 amide bonds. The van der Waals surface area contributed by atoms with Crippen molar-refractivity contribution in [1.29, 1.82) is 0 Å². The maximum absolute atomic E-state index is 11.6. The molecular weight excluding hydrogens is 336 g/mol. The number of hydrogen-bond acceptors (Lipinski definition) is 4. The molecule has 0 spiro atoms. The second kappa shape index (κ2) is 8.00. The number of halogens is 1. The monoisotopic (exact) mass is 358 g/mol. The molecule has 1 unspecified atom stereocenters. The molecule has 0 aliphatic carbocycles. The average molecular weight is 359 g/mol. The Morgan fingerprint density at radius 2 is 1.68 bits per heavy atom. The summed E-state index contributed by atoms with van der Waals surface area (Å²) < 4.78 is 5.62. The molecule has 0 aromatic heterocycles. The number of carbonyl (C=O) groups is 1. The molecule has 1 atom stereocenters. The summed E-state index contributed by atoms with van der Waals surface area (Å²) in [5.74, 6) is -0.265. The van der Waals surface area contributed by atoms with Crippen LogP contribution in [0.1, 0.15) is 18.7 Å². The lowest BCUT2D eigenvalue weighted by Gasteiger charge is -2.37. The average Bonchev–Trinajstić information content (AvgIpc) is 2.61. The van der Waals surface area contributed by atoms with Gasteiger partial charge in [-0.15, -0.1) is 0 Å². The zero-order valence-corrected chi connectivity index (χ0v) is 15.4. The van der Waals surface area contributed by atoms with E-state index in [2.05, 4.69) is 16.8 Å². The lowest BCUT2D eigenvalue weighted by Crippen LogP contribution is -2.46. The van der Waals surface area contributed by atoms with Crippen LogP contribution < -0.4 is 0 Å². The molecule has 2 aromatic rings. The number of likely N-dealkylation sites (N-methyl/N-ethyl adjacent to an activating group) is 1. The third-order valence-corrected chi connectivity index (χ3v) is 4.86. The maximum atomic E-state index is 11.6. The van der Waals surface area contributed by atoms with Crippen LogP contribution in [-0.2, 0) is 9.53 Å². The summed E-state index contributed by atoms with van der Waals surface area (Å²) in [6.07, 6.45) is -0.341. The molecule has 1 aliphatic heterocycles. The van der Waals surface area contributed by atoms with E-state index in [1.807, 2.05) is 48.5 Å². The molecule has 5 heteroatoms. The number of nitrogens with zero attached hydrogens (tertiary/aromatic N) is 2. The highest BCUT2D eigenvalue weighted by Crippen LogP contribution is 2.30. The molecule has 0 bridgehead atoms. The lowest BCUT2D eigenvalue weighted by molar-refractivity contribution is -0.159. The Bertz CT molecular complexity index is 725. The number of carbonyl (C=O) groups excluding carboxylic acids is 1. The van der Waals surface area contributed by atoms with Crippen LogP contribution in [-0.4, -0.2) is 49.0 Å². The molecule has 4 nitrogen and oxygen atoms in total. The zero-order valence-electron chi connectivity index (χ0n) is 14.6. The largest absolute Gasteiger partial charge is 0.442 e. The summed E-state index contributed by atoms with van der Waals surface area (Å²) in [7, 11) is 2.11. The Labute approximate surface area is 154 Å². The van der Waals surface area contributed by atoms with E-state index in [0.29, 0.717) is 0 Å². The predicted molar refractivity (Wildman–Crippen MR) is 100 cm³/mol. The Hall–Kier alpha value is -1.88. The van der Waals surface area contributed by atoms with Gasteiger partial charge in [-0.05, 0) is 18.7 Å². The van der Waals surface area contributed by atoms with Crippen molar-refractivity contribution in [3.63, 3.8) is 0 Å². The fourth-order valence-corrected chi connectivity index (χ4v) is 3.33. The van der Waals surface area contributed by atoms with Crippen LogP contribution in [0.2, 0.25) is 5.02 Å². The Kier molecular flexibility index (Phi) is 5.74. The molecule has 0 saturated carbocycles. The second-order valence-corrected chi connectivity index (χ2v) is 6.81. The molecule has 1 saturated heterocycles. The van der Waals surface area contributed by atoms with Gasteiger partial charge in [0.25, 0.3) is 0 Å². The van der Waals surface area contributed by atoms with Gasteiger partial charge in [-0.25, -0.2) is 0 Å². The van der Waals surface area contributed by atoms with Crippen LogP contribution in [0, 0.1) is 0 Å². The number of benzene rings is 2. The van der Waals surface area contributed by atoms with Crippen molar-refractivity contribution in [2.24, 2.45) is 0 Å². The van der Waals surface area contributed by atoms with Gasteiger partial charge in [0.1, 0.15) is 0 Å². The van der Waals surface area contributed by atoms with Crippen molar-refractivity contribution in [3.05, 3.63) is 59.1 Å². The van der Waals surface area contributed by atoms with Gasteiger partial charge < -0.3 is 9.64 Å². The van der Waals surface area contributed by atoms with E-state index in [1.54, 1.807) is 0 Å². The Morgan fingerprint density at radius 1 is 1.04 bits per heavy atom. The summed E-state index contributed by atoms with van der Waals surface area (Å²) in [4.78, 5) is 16.1. The summed E-state index contributed by atoms with van der Waals surface area (Å²) in [5.41, 5.74) is 3.03. The smallest absolute Gasteiger partial charge is 0.304 e. The summed E-state index contributed by atoms with van der Waals surface area (Å²) in [6.45, 7) is 5.15. The molecule has 0 radical (unpaired) electrons. The van der Waals surface area contributed by atoms with E-state index in [1.165, 1.54) is 6.92 Å². The van der Waals surface area contributed by atoms with Gasteiger partial charge in [0, 0.05) is 49.3 Å². The van der Waals surface area contributed by atoms with E-state index < -0.39 is 0 Å². The highest BCUT2D eigenvalue weighted by Gasteiger charge is 2.26. The Balaban J connectivity index is 1.84. The van der Waals surface area contributed by atoms with Gasteiger partial charge in [-0.3, -0.25) is 9.69 Å². The summed E-state index contributed by atoms with van der Waals surface area (Å²) in [5, 5.41) is 0.728. The minimum Gasteiger partial charge on any atom is -0.442 e. The van der Waals surface area contributed by atoms with Crippen LogP contribution >= 0.6 is 11.6 Å². The normalized spacial score (nSPS) is 17.2. The van der Waals surface area contributed by atoms with E-state index in [9.17, 15) is 4.79 Å². The van der Waals surface area contributed by atoms with Crippen LogP contribution in [0.25, 0.3) is 11.1 Å². The second-order valence-electron chi connectivity index (χ2n) is 6.40. The molecule has 2 aromatic carbocycles.